The molecule has 0 spiro atoms. The minimum Gasteiger partial charge on any atom is -0.399 e. The molecule has 132 valence electrons. The molecule has 0 radical (unpaired) electrons. The van der Waals surface area contributed by atoms with E-state index in [9.17, 15) is 9.59 Å². The molecular weight excluding hydrogens is 318 g/mol. The molecule has 6 nitrogen and oxygen atoms in total. The highest BCUT2D eigenvalue weighted by Crippen LogP contribution is 2.12. The van der Waals surface area contributed by atoms with Gasteiger partial charge in [0.1, 0.15) is 0 Å². The topological polar surface area (TPSA) is 93.5 Å². The Morgan fingerprint density at radius 3 is 2.36 bits per heavy atom. The molecule has 2 aromatic carbocycles. The van der Waals surface area contributed by atoms with Gasteiger partial charge >= 0.3 is 0 Å². The summed E-state index contributed by atoms with van der Waals surface area (Å²) in [6.45, 7) is 0.923. The molecule has 0 saturated heterocycles. The second-order valence-electron chi connectivity index (χ2n) is 5.62. The molecule has 25 heavy (non-hydrogen) atoms. The second kappa shape index (κ2) is 9.44. The van der Waals surface area contributed by atoms with Gasteiger partial charge in [0.05, 0.1) is 6.61 Å². The zero-order valence-corrected chi connectivity index (χ0v) is 14.2. The van der Waals surface area contributed by atoms with Crippen molar-refractivity contribution in [1.29, 1.82) is 0 Å². The lowest BCUT2D eigenvalue weighted by molar-refractivity contribution is -0.116. The van der Waals surface area contributed by atoms with E-state index in [0.717, 1.165) is 5.56 Å². The summed E-state index contributed by atoms with van der Waals surface area (Å²) in [6, 6.07) is 14.3. The third-order valence-electron chi connectivity index (χ3n) is 3.64. The molecule has 0 atom stereocenters. The van der Waals surface area contributed by atoms with Crippen molar-refractivity contribution in [2.75, 3.05) is 31.3 Å². The van der Waals surface area contributed by atoms with Gasteiger partial charge < -0.3 is 21.1 Å². The summed E-state index contributed by atoms with van der Waals surface area (Å²) < 4.78 is 4.88. The fourth-order valence-corrected chi connectivity index (χ4v) is 2.24. The number of amides is 2. The van der Waals surface area contributed by atoms with Crippen LogP contribution in [-0.2, 0) is 16.0 Å². The maximum absolute atomic E-state index is 12.0. The van der Waals surface area contributed by atoms with Crippen molar-refractivity contribution in [2.45, 2.75) is 12.8 Å². The molecule has 0 aromatic heterocycles. The molecule has 0 unspecified atom stereocenters. The van der Waals surface area contributed by atoms with Crippen molar-refractivity contribution in [1.82, 2.24) is 5.32 Å². The fraction of sp³-hybridized carbons (Fsp3) is 0.263. The average molecular weight is 341 g/mol. The number of ether oxygens (including phenoxy) is 1. The van der Waals surface area contributed by atoms with Gasteiger partial charge in [-0.05, 0) is 48.4 Å². The average Bonchev–Trinajstić information content (AvgIpc) is 2.62. The van der Waals surface area contributed by atoms with Gasteiger partial charge in [-0.15, -0.1) is 0 Å². The molecule has 2 aromatic rings. The van der Waals surface area contributed by atoms with E-state index in [1.807, 2.05) is 24.3 Å². The second-order valence-corrected chi connectivity index (χ2v) is 5.62. The lowest BCUT2D eigenvalue weighted by Gasteiger charge is -2.08. The van der Waals surface area contributed by atoms with Crippen LogP contribution in [0.3, 0.4) is 0 Å². The maximum Gasteiger partial charge on any atom is 0.251 e. The molecule has 2 rings (SSSR count). The molecule has 0 bridgehead atoms. The van der Waals surface area contributed by atoms with Gasteiger partial charge in [0, 0.05) is 37.0 Å². The van der Waals surface area contributed by atoms with Crippen molar-refractivity contribution in [3.05, 3.63) is 59.7 Å². The van der Waals surface area contributed by atoms with Gasteiger partial charge in [-0.2, -0.15) is 0 Å². The van der Waals surface area contributed by atoms with Crippen LogP contribution in [0, 0.1) is 0 Å². The number of carbonyl (C=O) groups excluding carboxylic acids is 2. The van der Waals surface area contributed by atoms with Gasteiger partial charge in [0.2, 0.25) is 5.91 Å². The van der Waals surface area contributed by atoms with Crippen molar-refractivity contribution in [3.63, 3.8) is 0 Å². The molecule has 0 aliphatic rings. The first kappa shape index (κ1) is 18.5. The predicted octanol–water partition coefficient (Wildman–Crippen LogP) is 2.22. The highest BCUT2D eigenvalue weighted by atomic mass is 16.5. The summed E-state index contributed by atoms with van der Waals surface area (Å²) in [4.78, 5) is 23.9. The first-order valence-corrected chi connectivity index (χ1v) is 8.10. The van der Waals surface area contributed by atoms with Gasteiger partial charge in [-0.1, -0.05) is 12.1 Å². The molecule has 6 heteroatoms. The Morgan fingerprint density at radius 1 is 1.04 bits per heavy atom. The number of aryl methyl sites for hydroxylation is 1. The SMILES string of the molecule is COCCNC(=O)c1ccc(NC(=O)CCc2ccc(N)cc2)cc1. The molecule has 0 aliphatic carbocycles. The van der Waals surface area contributed by atoms with E-state index in [0.29, 0.717) is 42.9 Å². The number of anilines is 2. The minimum absolute atomic E-state index is 0.0749. The van der Waals surface area contributed by atoms with Crippen LogP contribution in [0.1, 0.15) is 22.3 Å². The molecule has 0 saturated carbocycles. The molecule has 0 heterocycles. The van der Waals surface area contributed by atoms with E-state index in [-0.39, 0.29) is 11.8 Å². The van der Waals surface area contributed by atoms with Gasteiger partial charge in [0.25, 0.3) is 5.91 Å². The maximum atomic E-state index is 12.0. The van der Waals surface area contributed by atoms with Crippen molar-refractivity contribution < 1.29 is 14.3 Å². The standard InChI is InChI=1S/C19H23N3O3/c1-25-13-12-21-19(24)15-5-9-17(10-6-15)22-18(23)11-4-14-2-7-16(20)8-3-14/h2-3,5-10H,4,11-13,20H2,1H3,(H,21,24)(H,22,23). The summed E-state index contributed by atoms with van der Waals surface area (Å²) in [6.07, 6.45) is 1.02. The monoisotopic (exact) mass is 341 g/mol. The smallest absolute Gasteiger partial charge is 0.251 e. The highest BCUT2D eigenvalue weighted by Gasteiger charge is 2.07. The molecule has 0 aliphatic heterocycles. The van der Waals surface area contributed by atoms with Crippen molar-refractivity contribution in [3.8, 4) is 0 Å². The van der Waals surface area contributed by atoms with Crippen LogP contribution in [0.4, 0.5) is 11.4 Å². The summed E-state index contributed by atoms with van der Waals surface area (Å²) >= 11 is 0. The Hall–Kier alpha value is -2.86. The van der Waals surface area contributed by atoms with E-state index < -0.39 is 0 Å². The lowest BCUT2D eigenvalue weighted by Crippen LogP contribution is -2.26. The zero-order valence-electron chi connectivity index (χ0n) is 14.2. The fourth-order valence-electron chi connectivity index (χ4n) is 2.24. The number of nitrogens with one attached hydrogen (secondary N) is 2. The Morgan fingerprint density at radius 2 is 1.72 bits per heavy atom. The number of nitrogen functional groups attached to an aromatic ring is 1. The van der Waals surface area contributed by atoms with E-state index >= 15 is 0 Å². The van der Waals surface area contributed by atoms with E-state index in [1.165, 1.54) is 0 Å². The normalized spacial score (nSPS) is 10.3. The van der Waals surface area contributed by atoms with Crippen molar-refractivity contribution in [2.24, 2.45) is 0 Å². The summed E-state index contributed by atoms with van der Waals surface area (Å²) in [5, 5.41) is 5.57. The summed E-state index contributed by atoms with van der Waals surface area (Å²) in [5.41, 5.74) is 8.61. The number of hydrogen-bond acceptors (Lipinski definition) is 4. The summed E-state index contributed by atoms with van der Waals surface area (Å²) in [7, 11) is 1.58. The van der Waals surface area contributed by atoms with Crippen LogP contribution in [0.2, 0.25) is 0 Å². The van der Waals surface area contributed by atoms with Crippen LogP contribution in [0.25, 0.3) is 0 Å². The first-order chi connectivity index (χ1) is 12.1. The van der Waals surface area contributed by atoms with Crippen LogP contribution < -0.4 is 16.4 Å². The van der Waals surface area contributed by atoms with Crippen LogP contribution in [0.15, 0.2) is 48.5 Å². The number of carbonyl (C=O) groups is 2. The third-order valence-corrected chi connectivity index (χ3v) is 3.64. The van der Waals surface area contributed by atoms with Gasteiger partial charge in [-0.3, -0.25) is 9.59 Å². The minimum atomic E-state index is -0.168. The first-order valence-electron chi connectivity index (χ1n) is 8.10. The number of nitrogens with two attached hydrogens (primary N) is 1. The van der Waals surface area contributed by atoms with E-state index in [1.54, 1.807) is 31.4 Å². The van der Waals surface area contributed by atoms with E-state index in [4.69, 9.17) is 10.5 Å². The van der Waals surface area contributed by atoms with Crippen LogP contribution in [0.5, 0.6) is 0 Å². The number of benzene rings is 2. The third kappa shape index (κ3) is 6.27. The lowest BCUT2D eigenvalue weighted by atomic mass is 10.1. The molecule has 4 N–H and O–H groups in total. The zero-order chi connectivity index (χ0) is 18.1. The van der Waals surface area contributed by atoms with Gasteiger partial charge in [-0.25, -0.2) is 0 Å². The van der Waals surface area contributed by atoms with Crippen molar-refractivity contribution >= 4 is 23.2 Å². The summed E-state index contributed by atoms with van der Waals surface area (Å²) in [5.74, 6) is -0.243. The molecule has 0 fully saturated rings. The Balaban J connectivity index is 1.80. The number of hydrogen-bond donors (Lipinski definition) is 3. The quantitative estimate of drug-likeness (QED) is 0.507. The Kier molecular flexibility index (Phi) is 6.98. The van der Waals surface area contributed by atoms with E-state index in [2.05, 4.69) is 10.6 Å². The Bertz CT molecular complexity index is 697. The molecule has 2 amide bonds. The largest absolute Gasteiger partial charge is 0.399 e. The number of rotatable bonds is 8. The predicted molar refractivity (Wildman–Crippen MR) is 98.5 cm³/mol. The van der Waals surface area contributed by atoms with Crippen LogP contribution >= 0.6 is 0 Å². The van der Waals surface area contributed by atoms with Crippen LogP contribution in [-0.4, -0.2) is 32.1 Å². The number of methoxy groups -OCH3 is 1. The Labute approximate surface area is 147 Å². The molecular formula is C19H23N3O3. The van der Waals surface area contributed by atoms with Gasteiger partial charge in [0.15, 0.2) is 0 Å². The highest BCUT2D eigenvalue weighted by molar-refractivity contribution is 5.95.